The fourth-order valence-electron chi connectivity index (χ4n) is 3.77. The van der Waals surface area contributed by atoms with Crippen molar-refractivity contribution in [3.8, 4) is 0 Å². The van der Waals surface area contributed by atoms with Gasteiger partial charge >= 0.3 is 0 Å². The molecule has 0 aromatic heterocycles. The summed E-state index contributed by atoms with van der Waals surface area (Å²) in [4.78, 5) is 15.1. The van der Waals surface area contributed by atoms with Crippen LogP contribution in [0.1, 0.15) is 28.7 Å². The van der Waals surface area contributed by atoms with Gasteiger partial charge in [-0.15, -0.1) is 0 Å². The maximum atomic E-state index is 13.2. The summed E-state index contributed by atoms with van der Waals surface area (Å²) in [6.07, 6.45) is 1.76. The van der Waals surface area contributed by atoms with Crippen molar-refractivity contribution in [2.24, 2.45) is 0 Å². The van der Waals surface area contributed by atoms with Gasteiger partial charge in [-0.1, -0.05) is 71.8 Å². The first kappa shape index (κ1) is 21.0. The highest BCUT2D eigenvalue weighted by atomic mass is 16.2. The van der Waals surface area contributed by atoms with Gasteiger partial charge in [-0.25, -0.2) is 0 Å². The van der Waals surface area contributed by atoms with Crippen LogP contribution in [0.5, 0.6) is 0 Å². The van der Waals surface area contributed by atoms with Gasteiger partial charge in [0.2, 0.25) is 5.91 Å². The summed E-state index contributed by atoms with van der Waals surface area (Å²) >= 11 is 0. The number of nitrogens with one attached hydrogen (secondary N) is 2. The number of nitrogens with zero attached hydrogens (tertiary/aromatic N) is 1. The number of amides is 1. The average molecular weight is 414 g/mol. The van der Waals surface area contributed by atoms with Crippen LogP contribution in [-0.2, 0) is 17.8 Å². The molecule has 1 fully saturated rings. The lowest BCUT2D eigenvalue weighted by atomic mass is 10.0. The SMILES string of the molecule is Cc1ccc(CNc2ccccc2N[C@@H](Cc2ccc(C)cc2)C(=O)N2CCC2)cc1. The molecule has 0 radical (unpaired) electrons. The summed E-state index contributed by atoms with van der Waals surface area (Å²) in [6, 6.07) is 24.9. The van der Waals surface area contributed by atoms with Crippen molar-refractivity contribution in [3.05, 3.63) is 95.1 Å². The highest BCUT2D eigenvalue weighted by Gasteiger charge is 2.28. The molecule has 0 spiro atoms. The van der Waals surface area contributed by atoms with Crippen molar-refractivity contribution >= 4 is 17.3 Å². The third kappa shape index (κ3) is 5.46. The van der Waals surface area contributed by atoms with Gasteiger partial charge in [0.1, 0.15) is 6.04 Å². The van der Waals surface area contributed by atoms with E-state index < -0.39 is 0 Å². The third-order valence-electron chi connectivity index (χ3n) is 5.89. The molecule has 1 heterocycles. The first-order chi connectivity index (χ1) is 15.1. The molecule has 4 nitrogen and oxygen atoms in total. The number of hydrogen-bond acceptors (Lipinski definition) is 3. The van der Waals surface area contributed by atoms with Crippen LogP contribution in [0, 0.1) is 13.8 Å². The maximum Gasteiger partial charge on any atom is 0.245 e. The molecular weight excluding hydrogens is 382 g/mol. The van der Waals surface area contributed by atoms with E-state index in [-0.39, 0.29) is 11.9 Å². The number of benzene rings is 3. The molecule has 4 heteroatoms. The number of rotatable bonds is 8. The van der Waals surface area contributed by atoms with Gasteiger partial charge in [0.25, 0.3) is 0 Å². The second-order valence-electron chi connectivity index (χ2n) is 8.45. The first-order valence-electron chi connectivity index (χ1n) is 11.1. The van der Waals surface area contributed by atoms with E-state index in [0.29, 0.717) is 6.42 Å². The Kier molecular flexibility index (Phi) is 6.56. The number of carbonyl (C=O) groups is 1. The van der Waals surface area contributed by atoms with Crippen LogP contribution in [0.15, 0.2) is 72.8 Å². The van der Waals surface area contributed by atoms with Crippen LogP contribution in [0.2, 0.25) is 0 Å². The molecule has 1 atom stereocenters. The number of anilines is 2. The summed E-state index contributed by atoms with van der Waals surface area (Å²) < 4.78 is 0. The van der Waals surface area contributed by atoms with Gasteiger partial charge in [0.05, 0.1) is 11.4 Å². The summed E-state index contributed by atoms with van der Waals surface area (Å²) in [7, 11) is 0. The Balaban J connectivity index is 1.50. The van der Waals surface area contributed by atoms with E-state index >= 15 is 0 Å². The second-order valence-corrected chi connectivity index (χ2v) is 8.45. The minimum absolute atomic E-state index is 0.181. The van der Waals surface area contributed by atoms with Crippen LogP contribution in [0.3, 0.4) is 0 Å². The Hall–Kier alpha value is -3.27. The van der Waals surface area contributed by atoms with E-state index in [1.54, 1.807) is 0 Å². The van der Waals surface area contributed by atoms with E-state index in [1.165, 1.54) is 22.3 Å². The normalized spacial score (nSPS) is 13.9. The Morgan fingerprint density at radius 2 is 1.42 bits per heavy atom. The van der Waals surface area contributed by atoms with Crippen LogP contribution >= 0.6 is 0 Å². The molecule has 160 valence electrons. The molecule has 0 bridgehead atoms. The minimum atomic E-state index is -0.287. The Morgan fingerprint density at radius 3 is 2.00 bits per heavy atom. The topological polar surface area (TPSA) is 44.4 Å². The molecule has 1 aliphatic heterocycles. The quantitative estimate of drug-likeness (QED) is 0.535. The van der Waals surface area contributed by atoms with Crippen molar-refractivity contribution in [2.75, 3.05) is 23.7 Å². The monoisotopic (exact) mass is 413 g/mol. The number of para-hydroxylation sites is 2. The zero-order valence-corrected chi connectivity index (χ0v) is 18.4. The van der Waals surface area contributed by atoms with E-state index in [0.717, 1.165) is 37.4 Å². The molecule has 1 amide bonds. The third-order valence-corrected chi connectivity index (χ3v) is 5.89. The van der Waals surface area contributed by atoms with Gasteiger partial charge < -0.3 is 15.5 Å². The van der Waals surface area contributed by atoms with Crippen molar-refractivity contribution < 1.29 is 4.79 Å². The van der Waals surface area contributed by atoms with Crippen LogP contribution in [-0.4, -0.2) is 29.9 Å². The number of hydrogen-bond donors (Lipinski definition) is 2. The standard InChI is InChI=1S/C27H31N3O/c1-20-8-12-22(13-9-20)18-26(27(31)30-16-5-17-30)29-25-7-4-3-6-24(25)28-19-23-14-10-21(2)11-15-23/h3-4,6-15,26,28-29H,5,16-19H2,1-2H3/t26-/m0/s1. The number of carbonyl (C=O) groups excluding carboxylic acids is 1. The molecule has 31 heavy (non-hydrogen) atoms. The van der Waals surface area contributed by atoms with Gasteiger partial charge in [0, 0.05) is 26.1 Å². The second kappa shape index (κ2) is 9.69. The van der Waals surface area contributed by atoms with E-state index in [1.807, 2.05) is 23.1 Å². The number of likely N-dealkylation sites (tertiary alicyclic amines) is 1. The minimum Gasteiger partial charge on any atom is -0.379 e. The van der Waals surface area contributed by atoms with E-state index in [4.69, 9.17) is 0 Å². The number of aryl methyl sites for hydroxylation is 2. The van der Waals surface area contributed by atoms with Crippen LogP contribution in [0.25, 0.3) is 0 Å². The molecule has 4 rings (SSSR count). The molecule has 1 aliphatic rings. The van der Waals surface area contributed by atoms with Crippen LogP contribution in [0.4, 0.5) is 11.4 Å². The zero-order chi connectivity index (χ0) is 21.6. The first-order valence-corrected chi connectivity index (χ1v) is 11.1. The lowest BCUT2D eigenvalue weighted by Crippen LogP contribution is -2.50. The zero-order valence-electron chi connectivity index (χ0n) is 18.4. The van der Waals surface area contributed by atoms with Gasteiger partial charge in [-0.2, -0.15) is 0 Å². The summed E-state index contributed by atoms with van der Waals surface area (Å²) in [5, 5.41) is 7.09. The molecule has 0 saturated carbocycles. The van der Waals surface area contributed by atoms with Crippen LogP contribution < -0.4 is 10.6 Å². The Morgan fingerprint density at radius 1 is 0.839 bits per heavy atom. The van der Waals surface area contributed by atoms with Gasteiger partial charge in [-0.3, -0.25) is 4.79 Å². The van der Waals surface area contributed by atoms with Gasteiger partial charge in [-0.05, 0) is 43.5 Å². The lowest BCUT2D eigenvalue weighted by molar-refractivity contribution is -0.135. The molecule has 0 unspecified atom stereocenters. The maximum absolute atomic E-state index is 13.2. The molecule has 2 N–H and O–H groups in total. The molecular formula is C27H31N3O. The summed E-state index contributed by atoms with van der Waals surface area (Å²) in [5.41, 5.74) is 6.85. The van der Waals surface area contributed by atoms with Crippen molar-refractivity contribution in [2.45, 2.75) is 39.3 Å². The van der Waals surface area contributed by atoms with Gasteiger partial charge in [0.15, 0.2) is 0 Å². The van der Waals surface area contributed by atoms with E-state index in [2.05, 4.69) is 79.1 Å². The van der Waals surface area contributed by atoms with Crippen molar-refractivity contribution in [3.63, 3.8) is 0 Å². The summed E-state index contributed by atoms with van der Waals surface area (Å²) in [5.74, 6) is 0.181. The Labute approximate surface area is 185 Å². The fraction of sp³-hybridized carbons (Fsp3) is 0.296. The molecule has 3 aromatic rings. The fourth-order valence-corrected chi connectivity index (χ4v) is 3.77. The lowest BCUT2D eigenvalue weighted by Gasteiger charge is -2.35. The summed E-state index contributed by atoms with van der Waals surface area (Å²) in [6.45, 7) is 6.64. The predicted octanol–water partition coefficient (Wildman–Crippen LogP) is 5.17. The highest BCUT2D eigenvalue weighted by Crippen LogP contribution is 2.25. The highest BCUT2D eigenvalue weighted by molar-refractivity contribution is 5.87. The Bertz CT molecular complexity index is 1010. The average Bonchev–Trinajstić information content (AvgIpc) is 2.74. The van der Waals surface area contributed by atoms with E-state index in [9.17, 15) is 4.79 Å². The van der Waals surface area contributed by atoms with Crippen molar-refractivity contribution in [1.82, 2.24) is 4.90 Å². The van der Waals surface area contributed by atoms with Crippen molar-refractivity contribution in [1.29, 1.82) is 0 Å². The largest absolute Gasteiger partial charge is 0.379 e. The molecule has 3 aromatic carbocycles. The predicted molar refractivity (Wildman–Crippen MR) is 128 cm³/mol. The smallest absolute Gasteiger partial charge is 0.245 e. The molecule has 1 saturated heterocycles. The molecule has 0 aliphatic carbocycles.